The summed E-state index contributed by atoms with van der Waals surface area (Å²) < 4.78 is 63.1. The fourth-order valence-corrected chi connectivity index (χ4v) is 3.62. The number of ether oxygens (including phenoxy) is 4. The van der Waals surface area contributed by atoms with Gasteiger partial charge in [-0.25, -0.2) is 14.6 Å². The van der Waals surface area contributed by atoms with Crippen LogP contribution < -0.4 is 0 Å². The Hall–Kier alpha value is -4.22. The van der Waals surface area contributed by atoms with Crippen LogP contribution in [0.1, 0.15) is 20.7 Å². The Balaban J connectivity index is 1.66. The molecule has 0 spiro atoms. The van der Waals surface area contributed by atoms with E-state index in [-0.39, 0.29) is 16.8 Å². The minimum atomic E-state index is -5.05. The second-order valence-corrected chi connectivity index (χ2v) is 8.07. The van der Waals surface area contributed by atoms with Gasteiger partial charge in [-0.2, -0.15) is 13.2 Å². The fourth-order valence-electron chi connectivity index (χ4n) is 3.62. The topological polar surface area (TPSA) is 104 Å². The van der Waals surface area contributed by atoms with Crippen molar-refractivity contribution >= 4 is 23.5 Å². The molecule has 3 aromatic rings. The summed E-state index contributed by atoms with van der Waals surface area (Å²) in [5.74, 6) is -3.48. The molecule has 1 unspecified atom stereocenters. The predicted molar refractivity (Wildman–Crippen MR) is 128 cm³/mol. The number of benzene rings is 3. The highest BCUT2D eigenvalue weighted by atomic mass is 19.4. The maximum absolute atomic E-state index is 13.9. The molecule has 8 nitrogen and oxygen atoms in total. The van der Waals surface area contributed by atoms with E-state index in [1.165, 1.54) is 48.5 Å². The average Bonchev–Trinajstić information content (AvgIpc) is 3.24. The summed E-state index contributed by atoms with van der Waals surface area (Å²) in [6.07, 6.45) is -11.5. The van der Waals surface area contributed by atoms with Crippen LogP contribution in [0.25, 0.3) is 0 Å². The number of carbonyl (C=O) groups excluding carboxylic acids is 2. The summed E-state index contributed by atoms with van der Waals surface area (Å²) in [5, 5.41) is 9.87. The number of para-hydroxylation sites is 1. The minimum absolute atomic E-state index is 0.0542. The van der Waals surface area contributed by atoms with Crippen LogP contribution in [0.2, 0.25) is 0 Å². The quantitative estimate of drug-likeness (QED) is 0.274. The lowest BCUT2D eigenvalue weighted by Crippen LogP contribution is -2.43. The summed E-state index contributed by atoms with van der Waals surface area (Å²) in [4.78, 5) is 29.1. The third-order valence-electron chi connectivity index (χ3n) is 5.41. The Morgan fingerprint density at radius 2 is 1.24 bits per heavy atom. The summed E-state index contributed by atoms with van der Waals surface area (Å²) in [5.41, 5.74) is 0.158. The third kappa shape index (κ3) is 6.55. The predicted octanol–water partition coefficient (Wildman–Crippen LogP) is 4.46. The van der Waals surface area contributed by atoms with Crippen molar-refractivity contribution in [3.8, 4) is 0 Å². The van der Waals surface area contributed by atoms with Crippen molar-refractivity contribution in [1.29, 1.82) is 0 Å². The van der Waals surface area contributed by atoms with E-state index in [4.69, 9.17) is 18.9 Å². The van der Waals surface area contributed by atoms with Crippen molar-refractivity contribution in [2.45, 2.75) is 30.8 Å². The van der Waals surface area contributed by atoms with Gasteiger partial charge >= 0.3 is 18.1 Å². The van der Waals surface area contributed by atoms with Crippen molar-refractivity contribution in [3.63, 3.8) is 0 Å². The molecule has 1 aliphatic rings. The molecule has 1 saturated heterocycles. The van der Waals surface area contributed by atoms with Gasteiger partial charge < -0.3 is 24.1 Å². The maximum atomic E-state index is 13.9. The second-order valence-electron chi connectivity index (χ2n) is 8.07. The van der Waals surface area contributed by atoms with Gasteiger partial charge in [-0.3, -0.25) is 0 Å². The number of hydrogen-bond acceptors (Lipinski definition) is 8. The van der Waals surface area contributed by atoms with E-state index in [1.807, 2.05) is 0 Å². The molecular formula is C27H22F3NO7. The number of halogens is 3. The highest BCUT2D eigenvalue weighted by Gasteiger charge is 2.53. The molecule has 38 heavy (non-hydrogen) atoms. The van der Waals surface area contributed by atoms with Gasteiger partial charge in [-0.05, 0) is 36.4 Å². The SMILES string of the molecule is O=C(OC1[C@H](CO)O[C@@H](OC(=Nc2ccccc2)C(F)(F)F)[C@H]1OC(=O)c1ccccc1)c1ccccc1. The Morgan fingerprint density at radius 1 is 0.763 bits per heavy atom. The van der Waals surface area contributed by atoms with Crippen molar-refractivity contribution < 1.29 is 46.8 Å². The van der Waals surface area contributed by atoms with Crippen LogP contribution in [-0.2, 0) is 18.9 Å². The van der Waals surface area contributed by atoms with E-state index >= 15 is 0 Å². The van der Waals surface area contributed by atoms with Crippen LogP contribution in [-0.4, -0.2) is 60.3 Å². The first-order valence-corrected chi connectivity index (χ1v) is 11.4. The molecule has 1 fully saturated rings. The summed E-state index contributed by atoms with van der Waals surface area (Å²) in [7, 11) is 0. The normalized spacial score (nSPS) is 21.5. The molecule has 1 N–H and O–H groups in total. The van der Waals surface area contributed by atoms with Gasteiger partial charge in [-0.15, -0.1) is 0 Å². The lowest BCUT2D eigenvalue weighted by atomic mass is 10.1. The maximum Gasteiger partial charge on any atom is 0.468 e. The lowest BCUT2D eigenvalue weighted by Gasteiger charge is -2.25. The monoisotopic (exact) mass is 529 g/mol. The van der Waals surface area contributed by atoms with Crippen molar-refractivity contribution in [2.24, 2.45) is 4.99 Å². The average molecular weight is 529 g/mol. The van der Waals surface area contributed by atoms with Crippen molar-refractivity contribution in [3.05, 3.63) is 102 Å². The zero-order valence-electron chi connectivity index (χ0n) is 19.7. The van der Waals surface area contributed by atoms with Gasteiger partial charge in [0.25, 0.3) is 5.90 Å². The Morgan fingerprint density at radius 3 is 1.71 bits per heavy atom. The standard InChI is InChI=1S/C27H22F3NO7/c28-27(29,30)26(31-19-14-8-3-9-15-19)38-25-22(37-24(34)18-12-6-2-7-13-18)21(20(16-32)35-25)36-23(33)17-10-4-1-5-11-17/h1-15,20-22,25,32H,16H2/t20-,21?,22-,25-/m0/s1. The molecule has 3 aromatic carbocycles. The Bertz CT molecular complexity index is 1250. The smallest absolute Gasteiger partial charge is 0.452 e. The molecule has 198 valence electrons. The first kappa shape index (κ1) is 26.8. The number of aliphatic imine (C=N–C) groups is 1. The molecule has 0 radical (unpaired) electrons. The van der Waals surface area contributed by atoms with Gasteiger partial charge in [0, 0.05) is 0 Å². The van der Waals surface area contributed by atoms with E-state index < -0.39 is 55.2 Å². The Labute approximate surface area is 215 Å². The number of nitrogens with zero attached hydrogens (tertiary/aromatic N) is 1. The molecule has 0 amide bonds. The van der Waals surface area contributed by atoms with Gasteiger partial charge in [0.05, 0.1) is 23.4 Å². The van der Waals surface area contributed by atoms with Gasteiger partial charge in [-0.1, -0.05) is 54.6 Å². The van der Waals surface area contributed by atoms with Crippen LogP contribution >= 0.6 is 0 Å². The van der Waals surface area contributed by atoms with Crippen LogP contribution in [0.15, 0.2) is 96.0 Å². The van der Waals surface area contributed by atoms with Crippen LogP contribution in [0, 0.1) is 0 Å². The van der Waals surface area contributed by atoms with Crippen LogP contribution in [0.4, 0.5) is 18.9 Å². The number of aliphatic hydroxyl groups excluding tert-OH is 1. The number of esters is 2. The number of alkyl halides is 3. The van der Waals surface area contributed by atoms with Gasteiger partial charge in [0.15, 0.2) is 6.10 Å². The van der Waals surface area contributed by atoms with E-state index in [1.54, 1.807) is 42.5 Å². The first-order valence-electron chi connectivity index (χ1n) is 11.4. The molecule has 4 atom stereocenters. The molecule has 0 saturated carbocycles. The van der Waals surface area contributed by atoms with E-state index in [0.717, 1.165) is 0 Å². The zero-order valence-corrected chi connectivity index (χ0v) is 19.7. The molecule has 1 aliphatic heterocycles. The van der Waals surface area contributed by atoms with Gasteiger partial charge in [0.1, 0.15) is 6.10 Å². The summed E-state index contributed by atoms with van der Waals surface area (Å²) >= 11 is 0. The zero-order chi connectivity index (χ0) is 27.1. The molecular weight excluding hydrogens is 507 g/mol. The number of aliphatic hydroxyl groups is 1. The number of rotatable bonds is 7. The minimum Gasteiger partial charge on any atom is -0.452 e. The molecule has 0 aromatic heterocycles. The molecule has 0 aliphatic carbocycles. The van der Waals surface area contributed by atoms with E-state index in [0.29, 0.717) is 0 Å². The van der Waals surface area contributed by atoms with E-state index in [9.17, 15) is 27.9 Å². The highest BCUT2D eigenvalue weighted by Crippen LogP contribution is 2.32. The second kappa shape index (κ2) is 11.9. The molecule has 11 heteroatoms. The molecule has 4 rings (SSSR count). The van der Waals surface area contributed by atoms with E-state index in [2.05, 4.69) is 4.99 Å². The molecule has 1 heterocycles. The van der Waals surface area contributed by atoms with Crippen LogP contribution in [0.5, 0.6) is 0 Å². The fraction of sp³-hybridized carbons (Fsp3) is 0.222. The van der Waals surface area contributed by atoms with Crippen molar-refractivity contribution in [2.75, 3.05) is 6.61 Å². The largest absolute Gasteiger partial charge is 0.468 e. The highest BCUT2D eigenvalue weighted by molar-refractivity contribution is 5.90. The summed E-state index contributed by atoms with van der Waals surface area (Å²) in [6, 6.07) is 22.6. The summed E-state index contributed by atoms with van der Waals surface area (Å²) in [6.45, 7) is -0.775. The lowest BCUT2D eigenvalue weighted by molar-refractivity contribution is -0.152. The molecule has 0 bridgehead atoms. The number of carbonyl (C=O) groups is 2. The first-order chi connectivity index (χ1) is 18.3. The van der Waals surface area contributed by atoms with Crippen LogP contribution in [0.3, 0.4) is 0 Å². The third-order valence-corrected chi connectivity index (χ3v) is 5.41. The Kier molecular flexibility index (Phi) is 8.39. The van der Waals surface area contributed by atoms with Gasteiger partial charge in [0.2, 0.25) is 12.4 Å². The number of hydrogen-bond donors (Lipinski definition) is 1. The van der Waals surface area contributed by atoms with Crippen molar-refractivity contribution in [1.82, 2.24) is 0 Å².